The molecule has 0 atom stereocenters. The number of hydrogen-bond donors (Lipinski definition) is 0. The normalized spacial score (nSPS) is 10.2. The van der Waals surface area contributed by atoms with Crippen molar-refractivity contribution in [2.45, 2.75) is 13.8 Å². The third-order valence-corrected chi connectivity index (χ3v) is 2.45. The van der Waals surface area contributed by atoms with Gasteiger partial charge in [0.05, 0.1) is 0 Å². The lowest BCUT2D eigenvalue weighted by Crippen LogP contribution is -1.97. The Kier molecular flexibility index (Phi) is 3.37. The predicted octanol–water partition coefficient (Wildman–Crippen LogP) is 3.52. The molecule has 1 aromatic carbocycles. The van der Waals surface area contributed by atoms with Crippen molar-refractivity contribution in [3.63, 3.8) is 0 Å². The fraction of sp³-hybridized carbons (Fsp3) is 0.143. The first-order valence-corrected chi connectivity index (χ1v) is 5.47. The second-order valence-electron chi connectivity index (χ2n) is 3.96. The number of carbonyl (C=O) groups excluding carboxylic acids is 1. The second-order valence-corrected chi connectivity index (χ2v) is 3.96. The minimum Gasteiger partial charge on any atom is -0.439 e. The fourth-order valence-electron chi connectivity index (χ4n) is 1.50. The minimum absolute atomic E-state index is 0.0529. The first kappa shape index (κ1) is 12.2. The van der Waals surface area contributed by atoms with Crippen LogP contribution in [0.1, 0.15) is 22.8 Å². The lowest BCUT2D eigenvalue weighted by molar-refractivity contribution is 0.101. The Morgan fingerprint density at radius 2 is 2.11 bits per heavy atom. The van der Waals surface area contributed by atoms with E-state index in [9.17, 15) is 9.18 Å². The summed E-state index contributed by atoms with van der Waals surface area (Å²) in [6, 6.07) is 7.52. The maximum Gasteiger partial charge on any atom is 0.222 e. The van der Waals surface area contributed by atoms with Gasteiger partial charge in [0.2, 0.25) is 5.88 Å². The number of benzene rings is 1. The van der Waals surface area contributed by atoms with Crippen molar-refractivity contribution >= 4 is 5.78 Å². The van der Waals surface area contributed by atoms with E-state index in [2.05, 4.69) is 4.98 Å². The molecule has 0 unspecified atom stereocenters. The number of halogens is 1. The van der Waals surface area contributed by atoms with E-state index in [1.807, 2.05) is 0 Å². The van der Waals surface area contributed by atoms with Crippen LogP contribution in [0.15, 0.2) is 36.5 Å². The first-order valence-electron chi connectivity index (χ1n) is 5.47. The van der Waals surface area contributed by atoms with Gasteiger partial charge in [-0.2, -0.15) is 0 Å². The Labute approximate surface area is 104 Å². The molecule has 0 fully saturated rings. The summed E-state index contributed by atoms with van der Waals surface area (Å²) in [5, 5.41) is 0. The summed E-state index contributed by atoms with van der Waals surface area (Å²) >= 11 is 0. The molecule has 4 heteroatoms. The van der Waals surface area contributed by atoms with Gasteiger partial charge in [0.15, 0.2) is 5.78 Å². The van der Waals surface area contributed by atoms with Crippen molar-refractivity contribution in [3.05, 3.63) is 53.5 Å². The van der Waals surface area contributed by atoms with E-state index in [-0.39, 0.29) is 11.6 Å². The molecule has 0 radical (unpaired) electrons. The summed E-state index contributed by atoms with van der Waals surface area (Å²) < 4.78 is 18.5. The molecule has 2 aromatic rings. The van der Waals surface area contributed by atoms with Crippen LogP contribution in [-0.4, -0.2) is 10.8 Å². The third-order valence-electron chi connectivity index (χ3n) is 2.45. The number of pyridine rings is 1. The Balaban J connectivity index is 2.27. The molecular weight excluding hydrogens is 233 g/mol. The Hall–Kier alpha value is -2.23. The van der Waals surface area contributed by atoms with E-state index in [4.69, 9.17) is 4.74 Å². The molecule has 0 spiro atoms. The number of ketones is 1. The van der Waals surface area contributed by atoms with Crippen LogP contribution in [0.25, 0.3) is 0 Å². The Morgan fingerprint density at radius 1 is 1.33 bits per heavy atom. The maximum atomic E-state index is 13.0. The van der Waals surface area contributed by atoms with E-state index in [1.165, 1.54) is 25.3 Å². The van der Waals surface area contributed by atoms with Gasteiger partial charge in [0.25, 0.3) is 0 Å². The Bertz CT molecular complexity index is 596. The van der Waals surface area contributed by atoms with E-state index in [0.717, 1.165) is 5.56 Å². The van der Waals surface area contributed by atoms with Gasteiger partial charge < -0.3 is 4.74 Å². The largest absolute Gasteiger partial charge is 0.439 e. The van der Waals surface area contributed by atoms with Crippen molar-refractivity contribution in [2.24, 2.45) is 0 Å². The van der Waals surface area contributed by atoms with Gasteiger partial charge in [-0.3, -0.25) is 4.79 Å². The highest BCUT2D eigenvalue weighted by Gasteiger charge is 2.07. The molecule has 1 heterocycles. The van der Waals surface area contributed by atoms with Crippen molar-refractivity contribution in [1.29, 1.82) is 0 Å². The van der Waals surface area contributed by atoms with Crippen LogP contribution in [0.4, 0.5) is 4.39 Å². The van der Waals surface area contributed by atoms with Gasteiger partial charge in [0.1, 0.15) is 11.6 Å². The van der Waals surface area contributed by atoms with Crippen LogP contribution in [0.2, 0.25) is 0 Å². The van der Waals surface area contributed by atoms with Crippen LogP contribution in [0.5, 0.6) is 11.6 Å². The lowest BCUT2D eigenvalue weighted by Gasteiger charge is -2.08. The number of aromatic nitrogens is 1. The summed E-state index contributed by atoms with van der Waals surface area (Å²) in [6.45, 7) is 3.26. The molecule has 3 nitrogen and oxygen atoms in total. The van der Waals surface area contributed by atoms with Crippen molar-refractivity contribution in [2.75, 3.05) is 0 Å². The molecule has 18 heavy (non-hydrogen) atoms. The second kappa shape index (κ2) is 4.96. The van der Waals surface area contributed by atoms with Gasteiger partial charge >= 0.3 is 0 Å². The highest BCUT2D eigenvalue weighted by atomic mass is 19.1. The van der Waals surface area contributed by atoms with E-state index < -0.39 is 0 Å². The summed E-state index contributed by atoms with van der Waals surface area (Å²) in [5.41, 5.74) is 1.26. The monoisotopic (exact) mass is 245 g/mol. The van der Waals surface area contributed by atoms with Crippen LogP contribution >= 0.6 is 0 Å². The topological polar surface area (TPSA) is 39.2 Å². The molecule has 0 aliphatic heterocycles. The smallest absolute Gasteiger partial charge is 0.222 e. The SMILES string of the molecule is CC(=O)c1cnc(Oc2cccc(F)c2)c(C)c1. The molecule has 0 saturated heterocycles. The first-order chi connectivity index (χ1) is 8.56. The van der Waals surface area contributed by atoms with Gasteiger partial charge in [-0.25, -0.2) is 9.37 Å². The van der Waals surface area contributed by atoms with Gasteiger partial charge in [-0.1, -0.05) is 6.07 Å². The average Bonchev–Trinajstić information content (AvgIpc) is 2.31. The quantitative estimate of drug-likeness (QED) is 0.776. The molecule has 2 rings (SSSR count). The van der Waals surface area contributed by atoms with Crippen LogP contribution in [-0.2, 0) is 0 Å². The predicted molar refractivity (Wildman–Crippen MR) is 65.5 cm³/mol. The zero-order valence-corrected chi connectivity index (χ0v) is 10.1. The summed E-state index contributed by atoms with van der Waals surface area (Å²) in [4.78, 5) is 15.2. The molecule has 92 valence electrons. The minimum atomic E-state index is -0.370. The standard InChI is InChI=1S/C14H12FNO2/c1-9-6-11(10(2)17)8-16-14(9)18-13-5-3-4-12(15)7-13/h3-8H,1-2H3. The fourth-order valence-corrected chi connectivity index (χ4v) is 1.50. The molecule has 0 aliphatic carbocycles. The van der Waals surface area contributed by atoms with E-state index in [0.29, 0.717) is 17.2 Å². The molecule has 0 bridgehead atoms. The summed E-state index contributed by atoms with van der Waals surface area (Å²) in [6.07, 6.45) is 1.45. The number of Topliss-reactive ketones (excluding diaryl/α,β-unsaturated/α-hetero) is 1. The number of ether oxygens (including phenoxy) is 1. The highest BCUT2D eigenvalue weighted by Crippen LogP contribution is 2.23. The maximum absolute atomic E-state index is 13.0. The molecular formula is C14H12FNO2. The van der Waals surface area contributed by atoms with Gasteiger partial charge in [-0.15, -0.1) is 0 Å². The molecule has 1 aromatic heterocycles. The van der Waals surface area contributed by atoms with Crippen molar-refractivity contribution < 1.29 is 13.9 Å². The number of aryl methyl sites for hydroxylation is 1. The highest BCUT2D eigenvalue weighted by molar-refractivity contribution is 5.93. The number of carbonyl (C=O) groups is 1. The van der Waals surface area contributed by atoms with Crippen LogP contribution in [0, 0.1) is 12.7 Å². The van der Waals surface area contributed by atoms with Gasteiger partial charge in [-0.05, 0) is 32.0 Å². The van der Waals surface area contributed by atoms with E-state index in [1.54, 1.807) is 25.1 Å². The number of nitrogens with zero attached hydrogens (tertiary/aromatic N) is 1. The zero-order valence-electron chi connectivity index (χ0n) is 10.1. The Morgan fingerprint density at radius 3 is 2.72 bits per heavy atom. The van der Waals surface area contributed by atoms with Crippen LogP contribution < -0.4 is 4.74 Å². The number of hydrogen-bond acceptors (Lipinski definition) is 3. The number of rotatable bonds is 3. The van der Waals surface area contributed by atoms with Crippen molar-refractivity contribution in [1.82, 2.24) is 4.98 Å². The average molecular weight is 245 g/mol. The summed E-state index contributed by atoms with van der Waals surface area (Å²) in [7, 11) is 0. The molecule has 0 N–H and O–H groups in total. The van der Waals surface area contributed by atoms with Crippen LogP contribution in [0.3, 0.4) is 0 Å². The third kappa shape index (κ3) is 2.71. The van der Waals surface area contributed by atoms with Gasteiger partial charge in [0, 0.05) is 23.4 Å². The summed E-state index contributed by atoms with van der Waals surface area (Å²) in [5.74, 6) is 0.320. The lowest BCUT2D eigenvalue weighted by atomic mass is 10.1. The molecule has 0 amide bonds. The zero-order chi connectivity index (χ0) is 13.1. The van der Waals surface area contributed by atoms with E-state index >= 15 is 0 Å². The molecule has 0 saturated carbocycles. The molecule has 0 aliphatic rings. The van der Waals surface area contributed by atoms with Crippen molar-refractivity contribution in [3.8, 4) is 11.6 Å².